The highest BCUT2D eigenvalue weighted by molar-refractivity contribution is 7.79. The van der Waals surface area contributed by atoms with E-state index < -0.39 is 10.4 Å². The summed E-state index contributed by atoms with van der Waals surface area (Å²) in [7, 11) is -4.67. The molecule has 0 amide bonds. The standard InChI is InChI=1S/C7H18N4.H2O4S/c1-6(2)10-4-3-5-11-7(8)9;1-5(2,3)4/h6,10H,3-5H2,1-2H3,(H4,8,9,11);(H2,1,2,3,4). The maximum absolute atomic E-state index is 8.74. The van der Waals surface area contributed by atoms with Gasteiger partial charge in [0.05, 0.1) is 0 Å². The van der Waals surface area contributed by atoms with E-state index >= 15 is 0 Å². The van der Waals surface area contributed by atoms with Crippen molar-refractivity contribution in [1.82, 2.24) is 5.32 Å². The van der Waals surface area contributed by atoms with Gasteiger partial charge in [0, 0.05) is 12.6 Å². The molecule has 98 valence electrons. The second-order valence-electron chi connectivity index (χ2n) is 3.22. The van der Waals surface area contributed by atoms with Crippen molar-refractivity contribution in [2.45, 2.75) is 26.3 Å². The summed E-state index contributed by atoms with van der Waals surface area (Å²) in [6.07, 6.45) is 0.982. The molecule has 0 heterocycles. The molecular weight excluding hydrogens is 236 g/mol. The Hall–Kier alpha value is -0.900. The van der Waals surface area contributed by atoms with Gasteiger partial charge < -0.3 is 16.8 Å². The zero-order valence-electron chi connectivity index (χ0n) is 9.42. The van der Waals surface area contributed by atoms with Gasteiger partial charge in [-0.1, -0.05) is 13.8 Å². The van der Waals surface area contributed by atoms with Gasteiger partial charge in [-0.05, 0) is 13.0 Å². The molecule has 0 bridgehead atoms. The predicted molar refractivity (Wildman–Crippen MR) is 62.6 cm³/mol. The molecule has 0 saturated heterocycles. The zero-order valence-corrected chi connectivity index (χ0v) is 10.2. The highest BCUT2D eigenvalue weighted by atomic mass is 32.3. The highest BCUT2D eigenvalue weighted by Crippen LogP contribution is 1.81. The van der Waals surface area contributed by atoms with E-state index in [9.17, 15) is 0 Å². The first-order chi connectivity index (χ1) is 7.13. The van der Waals surface area contributed by atoms with E-state index in [1.807, 2.05) is 0 Å². The van der Waals surface area contributed by atoms with Crippen LogP contribution in [0.25, 0.3) is 0 Å². The summed E-state index contributed by atoms with van der Waals surface area (Å²) in [5.74, 6) is 0.176. The molecule has 8 nitrogen and oxygen atoms in total. The van der Waals surface area contributed by atoms with Crippen LogP contribution in [0.4, 0.5) is 0 Å². The van der Waals surface area contributed by atoms with Crippen molar-refractivity contribution in [3.8, 4) is 0 Å². The summed E-state index contributed by atoms with van der Waals surface area (Å²) >= 11 is 0. The maximum atomic E-state index is 8.74. The molecule has 0 rings (SSSR count). The molecule has 16 heavy (non-hydrogen) atoms. The van der Waals surface area contributed by atoms with Crippen LogP contribution in [0.3, 0.4) is 0 Å². The van der Waals surface area contributed by atoms with E-state index in [1.54, 1.807) is 0 Å². The van der Waals surface area contributed by atoms with Gasteiger partial charge in [-0.15, -0.1) is 0 Å². The lowest BCUT2D eigenvalue weighted by Gasteiger charge is -2.05. The summed E-state index contributed by atoms with van der Waals surface area (Å²) in [6.45, 7) is 5.90. The van der Waals surface area contributed by atoms with Crippen LogP contribution in [0.5, 0.6) is 0 Å². The monoisotopic (exact) mass is 256 g/mol. The third-order valence-electron chi connectivity index (χ3n) is 1.18. The quantitative estimate of drug-likeness (QED) is 0.183. The second-order valence-corrected chi connectivity index (χ2v) is 4.11. The summed E-state index contributed by atoms with van der Waals surface area (Å²) in [5, 5.41) is 3.27. The van der Waals surface area contributed by atoms with Crippen molar-refractivity contribution < 1.29 is 17.5 Å². The SMILES string of the molecule is CC(C)NCCCN=C(N)N.O=S(=O)(O)O. The minimum atomic E-state index is -4.67. The number of rotatable bonds is 5. The Bertz CT molecular complexity index is 277. The van der Waals surface area contributed by atoms with Gasteiger partial charge in [0.1, 0.15) is 0 Å². The Morgan fingerprint density at radius 1 is 1.38 bits per heavy atom. The molecule has 0 atom stereocenters. The molecule has 0 aliphatic rings. The van der Waals surface area contributed by atoms with Crippen molar-refractivity contribution in [2.75, 3.05) is 13.1 Å². The topological polar surface area (TPSA) is 151 Å². The molecule has 0 radical (unpaired) electrons. The van der Waals surface area contributed by atoms with Gasteiger partial charge in [0.25, 0.3) is 0 Å². The van der Waals surface area contributed by atoms with Crippen molar-refractivity contribution >= 4 is 16.4 Å². The van der Waals surface area contributed by atoms with E-state index in [2.05, 4.69) is 24.2 Å². The third-order valence-corrected chi connectivity index (χ3v) is 1.18. The number of aliphatic imine (C=N–C) groups is 1. The van der Waals surface area contributed by atoms with Crippen LogP contribution in [0.2, 0.25) is 0 Å². The predicted octanol–water partition coefficient (Wildman–Crippen LogP) is -1.00. The van der Waals surface area contributed by atoms with E-state index in [0.717, 1.165) is 13.0 Å². The Kier molecular flexibility index (Phi) is 10.2. The number of nitrogens with one attached hydrogen (secondary N) is 1. The van der Waals surface area contributed by atoms with Gasteiger partial charge >= 0.3 is 10.4 Å². The molecule has 0 saturated carbocycles. The highest BCUT2D eigenvalue weighted by Gasteiger charge is 1.90. The fraction of sp³-hybridized carbons (Fsp3) is 0.857. The van der Waals surface area contributed by atoms with E-state index in [4.69, 9.17) is 29.0 Å². The van der Waals surface area contributed by atoms with Crippen LogP contribution >= 0.6 is 0 Å². The molecular formula is C7H20N4O4S. The van der Waals surface area contributed by atoms with Crippen molar-refractivity contribution in [3.05, 3.63) is 0 Å². The van der Waals surface area contributed by atoms with E-state index in [1.165, 1.54) is 0 Å². The van der Waals surface area contributed by atoms with Crippen LogP contribution in [0.1, 0.15) is 20.3 Å². The van der Waals surface area contributed by atoms with Crippen molar-refractivity contribution in [3.63, 3.8) is 0 Å². The van der Waals surface area contributed by atoms with Crippen LogP contribution in [0, 0.1) is 0 Å². The lowest BCUT2D eigenvalue weighted by molar-refractivity contribution is 0.381. The number of hydrogen-bond acceptors (Lipinski definition) is 4. The van der Waals surface area contributed by atoms with Crippen molar-refractivity contribution in [2.24, 2.45) is 16.5 Å². The molecule has 0 spiro atoms. The summed E-state index contributed by atoms with van der Waals surface area (Å²) in [6, 6.07) is 0.536. The smallest absolute Gasteiger partial charge is 0.370 e. The molecule has 0 aliphatic heterocycles. The summed E-state index contributed by atoms with van der Waals surface area (Å²) < 4.78 is 31.6. The maximum Gasteiger partial charge on any atom is 0.394 e. The Morgan fingerprint density at radius 2 is 1.81 bits per heavy atom. The lowest BCUT2D eigenvalue weighted by Crippen LogP contribution is -2.25. The van der Waals surface area contributed by atoms with E-state index in [-0.39, 0.29) is 5.96 Å². The first kappa shape index (κ1) is 17.5. The fourth-order valence-electron chi connectivity index (χ4n) is 0.678. The van der Waals surface area contributed by atoms with E-state index in [0.29, 0.717) is 12.6 Å². The average Bonchev–Trinajstić information content (AvgIpc) is 1.99. The van der Waals surface area contributed by atoms with Crippen LogP contribution in [0.15, 0.2) is 4.99 Å². The number of hydrogen-bond donors (Lipinski definition) is 5. The molecule has 0 aromatic carbocycles. The third kappa shape index (κ3) is 38.0. The lowest BCUT2D eigenvalue weighted by atomic mass is 10.3. The largest absolute Gasteiger partial charge is 0.394 e. The van der Waals surface area contributed by atoms with Crippen LogP contribution in [-0.4, -0.2) is 42.6 Å². The fourth-order valence-corrected chi connectivity index (χ4v) is 0.678. The molecule has 9 heteroatoms. The molecule has 0 fully saturated rings. The number of guanidine groups is 1. The Morgan fingerprint density at radius 3 is 2.12 bits per heavy atom. The molecule has 7 N–H and O–H groups in total. The van der Waals surface area contributed by atoms with Crippen LogP contribution < -0.4 is 16.8 Å². The first-order valence-corrected chi connectivity index (χ1v) is 6.01. The van der Waals surface area contributed by atoms with Gasteiger partial charge in [-0.25, -0.2) is 0 Å². The first-order valence-electron chi connectivity index (χ1n) is 4.61. The molecule has 0 aromatic rings. The van der Waals surface area contributed by atoms with Gasteiger partial charge in [0.2, 0.25) is 0 Å². The van der Waals surface area contributed by atoms with Crippen molar-refractivity contribution in [1.29, 1.82) is 0 Å². The van der Waals surface area contributed by atoms with Crippen LogP contribution in [-0.2, 0) is 10.4 Å². The Labute approximate surface area is 95.7 Å². The van der Waals surface area contributed by atoms with Gasteiger partial charge in [0.15, 0.2) is 5.96 Å². The van der Waals surface area contributed by atoms with Gasteiger partial charge in [-0.2, -0.15) is 8.42 Å². The normalized spacial score (nSPS) is 10.6. The molecule has 0 aliphatic carbocycles. The minimum Gasteiger partial charge on any atom is -0.370 e. The average molecular weight is 256 g/mol. The summed E-state index contributed by atoms with van der Waals surface area (Å²) in [5.41, 5.74) is 10.3. The summed E-state index contributed by atoms with van der Waals surface area (Å²) in [4.78, 5) is 3.85. The molecule has 0 aromatic heterocycles. The minimum absolute atomic E-state index is 0.176. The van der Waals surface area contributed by atoms with Gasteiger partial charge in [-0.3, -0.25) is 14.1 Å². The number of nitrogens with two attached hydrogens (primary N) is 2. The number of nitrogens with zero attached hydrogens (tertiary/aromatic N) is 1. The Balaban J connectivity index is 0. The second kappa shape index (κ2) is 9.33. The zero-order chi connectivity index (χ0) is 13.2. The molecule has 0 unspecified atom stereocenters.